The smallest absolute Gasteiger partial charge is 0.0581 e. The molecule has 10 rings (SSSR count). The van der Waals surface area contributed by atoms with Crippen molar-refractivity contribution in [2.45, 2.75) is 13.1 Å². The van der Waals surface area contributed by atoms with Crippen molar-refractivity contribution in [1.82, 2.24) is 0 Å². The van der Waals surface area contributed by atoms with Crippen LogP contribution in [-0.4, -0.2) is 9.52 Å². The summed E-state index contributed by atoms with van der Waals surface area (Å²) in [5, 5.41) is 0. The van der Waals surface area contributed by atoms with Crippen LogP contribution < -0.4 is 0 Å². The van der Waals surface area contributed by atoms with Crippen LogP contribution in [0.1, 0.15) is 0 Å². The molecule has 0 bridgehead atoms. The van der Waals surface area contributed by atoms with Crippen molar-refractivity contribution in [3.05, 3.63) is 255 Å². The molecule has 0 N–H and O–H groups in total. The zero-order chi connectivity index (χ0) is 45.2. The first kappa shape index (κ1) is 47.2. The van der Waals surface area contributed by atoms with Gasteiger partial charge in [-0.3, -0.25) is 0 Å². The van der Waals surface area contributed by atoms with Crippen LogP contribution >= 0.6 is 28.6 Å². The predicted molar refractivity (Wildman–Crippen MR) is 284 cm³/mol. The molecule has 0 fully saturated rings. The van der Waals surface area contributed by atoms with E-state index in [1.54, 1.807) is 0 Å². The van der Waals surface area contributed by atoms with E-state index in [1.807, 2.05) is 0 Å². The molecule has 10 aromatic carbocycles. The molecule has 0 aliphatic heterocycles. The van der Waals surface area contributed by atoms with Gasteiger partial charge >= 0.3 is 42.3 Å². The Morgan fingerprint density at radius 2 is 0.385 bits per heavy atom. The molecule has 0 saturated heterocycles. The van der Waals surface area contributed by atoms with Crippen molar-refractivity contribution in [2.75, 3.05) is 0 Å². The van der Waals surface area contributed by atoms with Gasteiger partial charge < -0.3 is 0 Å². The number of hydrogen-bond donors (Lipinski definition) is 0. The fourth-order valence-corrected chi connectivity index (χ4v) is 8.12. The van der Waals surface area contributed by atoms with E-state index in [1.165, 1.54) is 89.0 Å². The minimum atomic E-state index is -2.05. The minimum Gasteiger partial charge on any atom is -0.125 e. The third-order valence-corrected chi connectivity index (χ3v) is 10.7. The van der Waals surface area contributed by atoms with Crippen LogP contribution in [0.2, 0.25) is 13.1 Å². The summed E-state index contributed by atoms with van der Waals surface area (Å²) in [6.07, 6.45) is 0. The van der Waals surface area contributed by atoms with Gasteiger partial charge in [-0.25, -0.2) is 0 Å². The Balaban J connectivity index is 0.000000170. The first-order valence-corrected chi connectivity index (χ1v) is 33.9. The monoisotopic (exact) mass is 1090 g/mol. The van der Waals surface area contributed by atoms with Gasteiger partial charge in [0.05, 0.1) is 0 Å². The Kier molecular flexibility index (Phi) is 17.8. The Morgan fingerprint density at radius 3 is 0.523 bits per heavy atom. The molecule has 0 heterocycles. The van der Waals surface area contributed by atoms with Crippen LogP contribution in [0.4, 0.5) is 0 Å². The van der Waals surface area contributed by atoms with Gasteiger partial charge in [0.2, 0.25) is 0 Å². The average Bonchev–Trinajstić information content (AvgIpc) is 3.98. The second-order valence-corrected chi connectivity index (χ2v) is 28.0. The van der Waals surface area contributed by atoms with Crippen molar-refractivity contribution in [3.8, 4) is 89.0 Å². The number of hydrogen-bond acceptors (Lipinski definition) is 0. The number of benzene rings is 8. The van der Waals surface area contributed by atoms with Crippen LogP contribution in [0, 0.1) is 0 Å². The Hall–Kier alpha value is -5.79. The third-order valence-electron chi connectivity index (χ3n) is 10.7. The maximum atomic E-state index is 4.99. The minimum absolute atomic E-state index is 0.750. The van der Waals surface area contributed by atoms with E-state index in [2.05, 4.69) is 268 Å². The van der Waals surface area contributed by atoms with Gasteiger partial charge in [0.25, 0.3) is 0 Å². The molecule has 0 unspecified atom stereocenters. The van der Waals surface area contributed by atoms with Crippen molar-refractivity contribution in [2.24, 2.45) is 0 Å². The van der Waals surface area contributed by atoms with Gasteiger partial charge in [-0.05, 0) is 0 Å². The predicted octanol–water partition coefficient (Wildman–Crippen LogP) is 18.7. The van der Waals surface area contributed by atoms with Crippen LogP contribution in [0.15, 0.2) is 255 Å². The van der Waals surface area contributed by atoms with Crippen LogP contribution in [-0.2, 0) is 13.7 Å². The molecule has 5 heteroatoms. The van der Waals surface area contributed by atoms with Gasteiger partial charge in [0.15, 0.2) is 0 Å². The van der Waals surface area contributed by atoms with Crippen molar-refractivity contribution >= 4 is 38.1 Å². The van der Waals surface area contributed by atoms with E-state index in [9.17, 15) is 0 Å². The second-order valence-electron chi connectivity index (χ2n) is 15.1. The molecule has 10 aromatic rings. The molecule has 323 valence electrons. The van der Waals surface area contributed by atoms with E-state index in [0.717, 1.165) is 9.52 Å². The Bertz CT molecular complexity index is 2500. The van der Waals surface area contributed by atoms with E-state index < -0.39 is 13.7 Å². The van der Waals surface area contributed by atoms with Crippen LogP contribution in [0.25, 0.3) is 89.0 Å². The average molecular weight is 1090 g/mol. The second kappa shape index (κ2) is 24.5. The van der Waals surface area contributed by atoms with E-state index in [4.69, 9.17) is 28.6 Å². The Morgan fingerprint density at radius 1 is 0.262 bits per heavy atom. The van der Waals surface area contributed by atoms with Crippen molar-refractivity contribution in [1.29, 1.82) is 0 Å². The maximum absolute atomic E-state index is 4.99. The summed E-state index contributed by atoms with van der Waals surface area (Å²) < 4.78 is 0. The molecule has 0 saturated carbocycles. The topological polar surface area (TPSA) is 0 Å². The van der Waals surface area contributed by atoms with Gasteiger partial charge in [-0.1, -0.05) is 300 Å². The van der Waals surface area contributed by atoms with Gasteiger partial charge in [0, 0.05) is 9.52 Å². The SMILES string of the molecule is C[SiH]C.[Cl][Re]([Cl])[Cl].c1ccc(-c2[cH-]c(-c3ccccc3)c(-c3ccccc3)c2-c2ccccc2)cc1.c1ccc(-c2[cH-]c(-c3ccccc3)c(-c3ccccc3)c2-c2ccccc2)cc1. The molecule has 0 aliphatic rings. The summed E-state index contributed by atoms with van der Waals surface area (Å²) in [6, 6.07) is 90.5. The van der Waals surface area contributed by atoms with Gasteiger partial charge in [0.1, 0.15) is 0 Å². The van der Waals surface area contributed by atoms with Gasteiger partial charge in [-0.2, -0.15) is 0 Å². The van der Waals surface area contributed by atoms with E-state index in [0.29, 0.717) is 0 Å². The molecular formula is C60H49Cl3ReSi-2. The van der Waals surface area contributed by atoms with Crippen molar-refractivity contribution < 1.29 is 13.7 Å². The quantitative estimate of drug-likeness (QED) is 0.105. The molecule has 0 aromatic heterocycles. The zero-order valence-electron chi connectivity index (χ0n) is 36.3. The van der Waals surface area contributed by atoms with E-state index >= 15 is 0 Å². The molecule has 0 amide bonds. The van der Waals surface area contributed by atoms with Crippen molar-refractivity contribution in [3.63, 3.8) is 0 Å². The molecule has 0 nitrogen and oxygen atoms in total. The molecule has 0 spiro atoms. The third kappa shape index (κ3) is 12.3. The largest absolute Gasteiger partial charge is 0.125 e. The summed E-state index contributed by atoms with van der Waals surface area (Å²) in [5.41, 5.74) is 20.2. The number of rotatable bonds is 8. The van der Waals surface area contributed by atoms with Crippen LogP contribution in [0.5, 0.6) is 0 Å². The molecular weight excluding hydrogens is 1040 g/mol. The standard InChI is InChI=1S/2C29H21.C2H7Si.3ClH.Re/c2*1-5-13-22(14-6-1)26-21-27(23-15-7-2-8-16-23)29(25-19-11-4-12-20-25)28(26)24-17-9-3-10-18-24;1-3-2;;;;/h2*1-21H;3H,1-2H3;3*1H;/q2*-1;;;;;+3/p-3. The van der Waals surface area contributed by atoms with E-state index in [-0.39, 0.29) is 0 Å². The number of halogens is 3. The van der Waals surface area contributed by atoms with Gasteiger partial charge in [-0.15, -0.1) is 56.6 Å². The zero-order valence-corrected chi connectivity index (χ0v) is 42.5. The summed E-state index contributed by atoms with van der Waals surface area (Å²) in [6.45, 7) is 4.42. The fraction of sp³-hybridized carbons (Fsp3) is 0.0333. The summed E-state index contributed by atoms with van der Waals surface area (Å²) >= 11 is -2.05. The first-order chi connectivity index (χ1) is 32.0. The normalized spacial score (nSPS) is 10.6. The Labute approximate surface area is 405 Å². The maximum Gasteiger partial charge on any atom is -0.0581 e. The summed E-state index contributed by atoms with van der Waals surface area (Å²) in [5.74, 6) is 0. The fourth-order valence-electron chi connectivity index (χ4n) is 8.12. The molecule has 0 aliphatic carbocycles. The first-order valence-electron chi connectivity index (χ1n) is 21.5. The summed E-state index contributed by atoms with van der Waals surface area (Å²) in [4.78, 5) is 0. The molecule has 0 atom stereocenters. The summed E-state index contributed by atoms with van der Waals surface area (Å²) in [7, 11) is 15.7. The molecule has 1 radical (unpaired) electrons. The van der Waals surface area contributed by atoms with Crippen LogP contribution in [0.3, 0.4) is 0 Å². The molecule has 65 heavy (non-hydrogen) atoms.